The summed E-state index contributed by atoms with van der Waals surface area (Å²) >= 11 is 6.09. The second kappa shape index (κ2) is 9.94. The number of rotatable bonds is 8. The van der Waals surface area contributed by atoms with Crippen molar-refractivity contribution in [1.29, 1.82) is 0 Å². The zero-order chi connectivity index (χ0) is 22.5. The Morgan fingerprint density at radius 2 is 1.97 bits per heavy atom. The number of methoxy groups -OCH3 is 1. The zero-order valence-corrected chi connectivity index (χ0v) is 18.9. The maximum atomic E-state index is 13.4. The summed E-state index contributed by atoms with van der Waals surface area (Å²) in [5, 5.41) is 0.659. The van der Waals surface area contributed by atoms with Gasteiger partial charge in [0.05, 0.1) is 36.7 Å². The number of carbonyl (C=O) groups is 1. The lowest BCUT2D eigenvalue weighted by Crippen LogP contribution is -2.35. The molecule has 0 unspecified atom stereocenters. The first-order chi connectivity index (χ1) is 15.5. The van der Waals surface area contributed by atoms with Gasteiger partial charge in [-0.05, 0) is 48.9 Å². The zero-order valence-electron chi connectivity index (χ0n) is 18.2. The highest BCUT2D eigenvalue weighted by molar-refractivity contribution is 6.30. The standard InChI is InChI=1S/C25H25ClN4O2/c1-18-10-12-30-22(25(28-23(30)15-18)19-6-8-20(26)9-7-19)16-24(31)29(13-14-32-2)17-21-5-3-4-11-27-21/h3-12,15H,13-14,16-17H2,1-2H3. The van der Waals surface area contributed by atoms with Crippen molar-refractivity contribution in [3.05, 3.63) is 89.0 Å². The average Bonchev–Trinajstić information content (AvgIpc) is 3.15. The molecule has 4 aromatic rings. The molecule has 0 saturated heterocycles. The highest BCUT2D eigenvalue weighted by Crippen LogP contribution is 2.27. The fourth-order valence-electron chi connectivity index (χ4n) is 3.64. The minimum absolute atomic E-state index is 0.00899. The maximum Gasteiger partial charge on any atom is 0.229 e. The largest absolute Gasteiger partial charge is 0.383 e. The topological polar surface area (TPSA) is 59.7 Å². The number of hydrogen-bond acceptors (Lipinski definition) is 4. The van der Waals surface area contributed by atoms with E-state index in [1.165, 1.54) is 0 Å². The second-order valence-electron chi connectivity index (χ2n) is 7.65. The number of benzene rings is 1. The van der Waals surface area contributed by atoms with Crippen LogP contribution in [0.15, 0.2) is 67.0 Å². The molecule has 3 heterocycles. The van der Waals surface area contributed by atoms with Gasteiger partial charge in [-0.2, -0.15) is 0 Å². The van der Waals surface area contributed by atoms with Crippen LogP contribution >= 0.6 is 11.6 Å². The van der Waals surface area contributed by atoms with E-state index in [0.29, 0.717) is 24.7 Å². The van der Waals surface area contributed by atoms with Crippen LogP contribution < -0.4 is 0 Å². The highest BCUT2D eigenvalue weighted by Gasteiger charge is 2.21. The molecular weight excluding hydrogens is 424 g/mol. The quantitative estimate of drug-likeness (QED) is 0.396. The average molecular weight is 449 g/mol. The van der Waals surface area contributed by atoms with E-state index in [-0.39, 0.29) is 12.3 Å². The molecule has 6 nitrogen and oxygen atoms in total. The molecule has 0 spiro atoms. The summed E-state index contributed by atoms with van der Waals surface area (Å²) in [6.45, 7) is 3.39. The third kappa shape index (κ3) is 4.98. The van der Waals surface area contributed by atoms with Crippen molar-refractivity contribution in [2.24, 2.45) is 0 Å². The van der Waals surface area contributed by atoms with Crippen LogP contribution in [0.3, 0.4) is 0 Å². The molecule has 0 bridgehead atoms. The fraction of sp³-hybridized carbons (Fsp3) is 0.240. The predicted molar refractivity (Wildman–Crippen MR) is 126 cm³/mol. The third-order valence-electron chi connectivity index (χ3n) is 5.31. The van der Waals surface area contributed by atoms with E-state index in [1.807, 2.05) is 72.1 Å². The van der Waals surface area contributed by atoms with E-state index in [0.717, 1.165) is 33.9 Å². The smallest absolute Gasteiger partial charge is 0.229 e. The Morgan fingerprint density at radius 1 is 1.16 bits per heavy atom. The van der Waals surface area contributed by atoms with Crippen LogP contribution in [0, 0.1) is 6.92 Å². The van der Waals surface area contributed by atoms with Crippen molar-refractivity contribution in [2.45, 2.75) is 19.9 Å². The molecule has 0 radical (unpaired) electrons. The van der Waals surface area contributed by atoms with E-state index in [9.17, 15) is 4.79 Å². The Kier molecular flexibility index (Phi) is 6.83. The molecule has 7 heteroatoms. The Labute approximate surface area is 192 Å². The van der Waals surface area contributed by atoms with Crippen LogP contribution in [0.2, 0.25) is 5.02 Å². The molecule has 1 aromatic carbocycles. The Hall–Kier alpha value is -3.22. The molecule has 4 rings (SSSR count). The molecule has 0 saturated carbocycles. The number of pyridine rings is 2. The van der Waals surface area contributed by atoms with Crippen molar-refractivity contribution in [1.82, 2.24) is 19.3 Å². The van der Waals surface area contributed by atoms with Gasteiger partial charge in [-0.3, -0.25) is 9.78 Å². The van der Waals surface area contributed by atoms with Gasteiger partial charge in [0.15, 0.2) is 0 Å². The lowest BCUT2D eigenvalue weighted by molar-refractivity contribution is -0.131. The fourth-order valence-corrected chi connectivity index (χ4v) is 3.77. The Balaban J connectivity index is 1.70. The highest BCUT2D eigenvalue weighted by atomic mass is 35.5. The normalized spacial score (nSPS) is 11.1. The Morgan fingerprint density at radius 3 is 2.69 bits per heavy atom. The number of aromatic nitrogens is 3. The maximum absolute atomic E-state index is 13.4. The molecule has 164 valence electrons. The first-order valence-corrected chi connectivity index (χ1v) is 10.8. The summed E-state index contributed by atoms with van der Waals surface area (Å²) in [5.74, 6) is -0.00899. The monoisotopic (exact) mass is 448 g/mol. The van der Waals surface area contributed by atoms with E-state index in [1.54, 1.807) is 18.2 Å². The van der Waals surface area contributed by atoms with Gasteiger partial charge in [-0.25, -0.2) is 4.98 Å². The van der Waals surface area contributed by atoms with E-state index >= 15 is 0 Å². The van der Waals surface area contributed by atoms with E-state index in [4.69, 9.17) is 21.3 Å². The number of imidazole rings is 1. The third-order valence-corrected chi connectivity index (χ3v) is 5.57. The minimum atomic E-state index is -0.00899. The lowest BCUT2D eigenvalue weighted by Gasteiger charge is -2.22. The summed E-state index contributed by atoms with van der Waals surface area (Å²) in [7, 11) is 1.63. The van der Waals surface area contributed by atoms with Gasteiger partial charge in [0.1, 0.15) is 5.65 Å². The summed E-state index contributed by atoms with van der Waals surface area (Å²) in [5.41, 5.74) is 5.31. The Bertz CT molecular complexity index is 1210. The van der Waals surface area contributed by atoms with Crippen LogP contribution in [-0.4, -0.2) is 45.4 Å². The molecule has 0 aliphatic rings. The molecule has 0 N–H and O–H groups in total. The van der Waals surface area contributed by atoms with Gasteiger partial charge in [-0.1, -0.05) is 29.8 Å². The molecule has 32 heavy (non-hydrogen) atoms. The van der Waals surface area contributed by atoms with Gasteiger partial charge >= 0.3 is 0 Å². The molecule has 3 aromatic heterocycles. The first-order valence-electron chi connectivity index (χ1n) is 10.5. The van der Waals surface area contributed by atoms with Crippen molar-refractivity contribution in [2.75, 3.05) is 20.3 Å². The lowest BCUT2D eigenvalue weighted by atomic mass is 10.1. The number of carbonyl (C=O) groups excluding carboxylic acids is 1. The van der Waals surface area contributed by atoms with Gasteiger partial charge in [0, 0.05) is 36.6 Å². The van der Waals surface area contributed by atoms with Crippen molar-refractivity contribution < 1.29 is 9.53 Å². The van der Waals surface area contributed by atoms with Gasteiger partial charge in [-0.15, -0.1) is 0 Å². The summed E-state index contributed by atoms with van der Waals surface area (Å²) in [4.78, 5) is 24.5. The number of fused-ring (bicyclic) bond motifs is 1. The summed E-state index contributed by atoms with van der Waals surface area (Å²) in [6, 6.07) is 17.3. The second-order valence-corrected chi connectivity index (χ2v) is 8.09. The number of nitrogens with zero attached hydrogens (tertiary/aromatic N) is 4. The number of aryl methyl sites for hydroxylation is 1. The summed E-state index contributed by atoms with van der Waals surface area (Å²) < 4.78 is 7.23. The van der Waals surface area contributed by atoms with Crippen molar-refractivity contribution >= 4 is 23.2 Å². The molecule has 0 fully saturated rings. The van der Waals surface area contributed by atoms with Crippen LogP contribution in [-0.2, 0) is 22.5 Å². The molecular formula is C25H25ClN4O2. The first kappa shape index (κ1) is 22.0. The number of halogens is 1. The predicted octanol–water partition coefficient (Wildman–Crippen LogP) is 4.58. The van der Waals surface area contributed by atoms with Crippen LogP contribution in [0.4, 0.5) is 0 Å². The van der Waals surface area contributed by atoms with Crippen molar-refractivity contribution in [3.8, 4) is 11.3 Å². The molecule has 0 aliphatic carbocycles. The van der Waals surface area contributed by atoms with E-state index in [2.05, 4.69) is 4.98 Å². The van der Waals surface area contributed by atoms with Gasteiger partial charge < -0.3 is 14.0 Å². The van der Waals surface area contributed by atoms with E-state index < -0.39 is 0 Å². The van der Waals surface area contributed by atoms with Gasteiger partial charge in [0.25, 0.3) is 0 Å². The molecule has 1 amide bonds. The molecule has 0 atom stereocenters. The van der Waals surface area contributed by atoms with Crippen molar-refractivity contribution in [3.63, 3.8) is 0 Å². The number of amides is 1. The van der Waals surface area contributed by atoms with Crippen LogP contribution in [0.1, 0.15) is 17.0 Å². The number of ether oxygens (including phenoxy) is 1. The summed E-state index contributed by atoms with van der Waals surface area (Å²) in [6.07, 6.45) is 3.91. The van der Waals surface area contributed by atoms with Gasteiger partial charge in [0.2, 0.25) is 5.91 Å². The van der Waals surface area contributed by atoms with Crippen LogP contribution in [0.25, 0.3) is 16.9 Å². The number of hydrogen-bond donors (Lipinski definition) is 0. The SMILES string of the molecule is COCCN(Cc1ccccn1)C(=O)Cc1c(-c2ccc(Cl)cc2)nc2cc(C)ccn12. The van der Waals surface area contributed by atoms with Crippen LogP contribution in [0.5, 0.6) is 0 Å². The molecule has 0 aliphatic heterocycles. The minimum Gasteiger partial charge on any atom is -0.383 e.